The molecule has 4 atom stereocenters. The van der Waals surface area contributed by atoms with Crippen molar-refractivity contribution in [2.75, 3.05) is 20.1 Å². The van der Waals surface area contributed by atoms with Crippen molar-refractivity contribution < 1.29 is 19.2 Å². The van der Waals surface area contributed by atoms with Gasteiger partial charge in [0.2, 0.25) is 23.6 Å². The predicted octanol–water partition coefficient (Wildman–Crippen LogP) is 2.62. The third kappa shape index (κ3) is 7.33. The first-order chi connectivity index (χ1) is 19.7. The maximum atomic E-state index is 14.1. The molecule has 9 heteroatoms. The molecule has 2 aliphatic heterocycles. The lowest BCUT2D eigenvalue weighted by molar-refractivity contribution is -0.147. The van der Waals surface area contributed by atoms with E-state index in [0.717, 1.165) is 11.1 Å². The Balaban J connectivity index is 1.60. The second kappa shape index (κ2) is 13.8. The summed E-state index contributed by atoms with van der Waals surface area (Å²) in [5.74, 6) is -0.710. The Kier molecular flexibility index (Phi) is 10.2. The third-order valence-electron chi connectivity index (χ3n) is 8.12. The Bertz CT molecular complexity index is 1170. The molecule has 2 saturated heterocycles. The fourth-order valence-corrected chi connectivity index (χ4v) is 5.76. The summed E-state index contributed by atoms with van der Waals surface area (Å²) in [6, 6.07) is 16.9. The second-order valence-corrected chi connectivity index (χ2v) is 11.6. The predicted molar refractivity (Wildman–Crippen MR) is 158 cm³/mol. The van der Waals surface area contributed by atoms with Gasteiger partial charge < -0.3 is 25.8 Å². The van der Waals surface area contributed by atoms with Crippen molar-refractivity contribution >= 4 is 23.6 Å². The minimum atomic E-state index is -0.940. The van der Waals surface area contributed by atoms with Crippen LogP contribution >= 0.6 is 0 Å². The van der Waals surface area contributed by atoms with E-state index < -0.39 is 18.1 Å². The summed E-state index contributed by atoms with van der Waals surface area (Å²) in [4.78, 5) is 57.4. The molecule has 4 amide bonds. The summed E-state index contributed by atoms with van der Waals surface area (Å²) in [5.41, 5.74) is 1.90. The van der Waals surface area contributed by atoms with Crippen molar-refractivity contribution in [2.45, 2.75) is 76.7 Å². The number of likely N-dealkylation sites (N-methyl/N-ethyl adjacent to an activating group) is 1. The summed E-state index contributed by atoms with van der Waals surface area (Å²) in [6.07, 6.45) is 2.15. The van der Waals surface area contributed by atoms with Crippen LogP contribution < -0.4 is 16.0 Å². The van der Waals surface area contributed by atoms with E-state index >= 15 is 0 Å². The van der Waals surface area contributed by atoms with Crippen LogP contribution in [0.2, 0.25) is 0 Å². The Hall–Kier alpha value is -3.72. The number of carbonyl (C=O) groups excluding carboxylic acids is 4. The van der Waals surface area contributed by atoms with Crippen molar-refractivity contribution in [3.63, 3.8) is 0 Å². The molecule has 9 nitrogen and oxygen atoms in total. The molecule has 41 heavy (non-hydrogen) atoms. The van der Waals surface area contributed by atoms with Gasteiger partial charge in [0.05, 0.1) is 12.1 Å². The Morgan fingerprint density at radius 2 is 1.51 bits per heavy atom. The van der Waals surface area contributed by atoms with Crippen molar-refractivity contribution in [3.05, 3.63) is 71.8 Å². The lowest BCUT2D eigenvalue weighted by Crippen LogP contribution is -2.62. The molecule has 2 aromatic rings. The van der Waals surface area contributed by atoms with Gasteiger partial charge >= 0.3 is 0 Å². The van der Waals surface area contributed by atoms with E-state index in [2.05, 4.69) is 16.0 Å². The van der Waals surface area contributed by atoms with E-state index in [1.54, 1.807) is 23.8 Å². The number of hydrogen-bond donors (Lipinski definition) is 3. The summed E-state index contributed by atoms with van der Waals surface area (Å²) >= 11 is 0. The van der Waals surface area contributed by atoms with E-state index in [1.807, 2.05) is 74.5 Å². The molecule has 4 rings (SSSR count). The fraction of sp³-hybridized carbons (Fsp3) is 0.500. The minimum Gasteiger partial charge on any atom is -0.343 e. The summed E-state index contributed by atoms with van der Waals surface area (Å²) in [7, 11) is 1.68. The highest BCUT2D eigenvalue weighted by Crippen LogP contribution is 2.31. The highest BCUT2D eigenvalue weighted by Gasteiger charge is 2.46. The number of nitrogens with zero attached hydrogens (tertiary/aromatic N) is 2. The number of carbonyl (C=O) groups is 4. The van der Waals surface area contributed by atoms with E-state index in [1.165, 1.54) is 0 Å². The van der Waals surface area contributed by atoms with Gasteiger partial charge in [-0.2, -0.15) is 0 Å². The minimum absolute atomic E-state index is 0.0250. The number of fused-ring (bicyclic) bond motifs is 1. The number of benzene rings is 2. The van der Waals surface area contributed by atoms with Gasteiger partial charge in [-0.05, 0) is 50.3 Å². The highest BCUT2D eigenvalue weighted by molar-refractivity contribution is 5.94. The quantitative estimate of drug-likeness (QED) is 0.436. The van der Waals surface area contributed by atoms with Crippen LogP contribution in [0.25, 0.3) is 0 Å². The molecule has 0 spiro atoms. The molecule has 3 N–H and O–H groups in total. The first-order valence-electron chi connectivity index (χ1n) is 14.7. The topological polar surface area (TPSA) is 111 Å². The van der Waals surface area contributed by atoms with Crippen molar-refractivity contribution in [2.24, 2.45) is 5.92 Å². The molecule has 2 heterocycles. The Morgan fingerprint density at radius 1 is 0.902 bits per heavy atom. The van der Waals surface area contributed by atoms with Gasteiger partial charge in [-0.3, -0.25) is 19.2 Å². The van der Waals surface area contributed by atoms with E-state index in [4.69, 9.17) is 0 Å². The normalized spacial score (nSPS) is 21.7. The van der Waals surface area contributed by atoms with Crippen LogP contribution in [0.3, 0.4) is 0 Å². The van der Waals surface area contributed by atoms with Crippen molar-refractivity contribution in [1.82, 2.24) is 25.8 Å². The van der Waals surface area contributed by atoms with Crippen LogP contribution in [0.5, 0.6) is 0 Å². The van der Waals surface area contributed by atoms with Crippen molar-refractivity contribution in [3.8, 4) is 0 Å². The molecule has 0 saturated carbocycles. The van der Waals surface area contributed by atoms with Crippen LogP contribution in [-0.4, -0.2) is 77.7 Å². The van der Waals surface area contributed by atoms with Crippen molar-refractivity contribution in [1.29, 1.82) is 0 Å². The van der Waals surface area contributed by atoms with Crippen LogP contribution in [0.4, 0.5) is 0 Å². The average molecular weight is 562 g/mol. The van der Waals surface area contributed by atoms with Gasteiger partial charge in [0.1, 0.15) is 12.1 Å². The standard InChI is InChI=1S/C32H43N5O4/c1-21(2)19-28(38)36-18-17-25-15-16-27(37(25)32(41)26(20-36)34-30(39)22(3)33-4)31(40)35-29(23-11-7-5-8-12-23)24-13-9-6-10-14-24/h5-14,21-22,25-27,29,33H,15-20H2,1-4H3,(H,34,39)(H,35,40). The third-order valence-corrected chi connectivity index (χ3v) is 8.12. The highest BCUT2D eigenvalue weighted by atomic mass is 16.2. The smallest absolute Gasteiger partial charge is 0.247 e. The van der Waals surface area contributed by atoms with E-state index in [-0.39, 0.29) is 48.2 Å². The first-order valence-corrected chi connectivity index (χ1v) is 14.7. The molecular weight excluding hydrogens is 518 g/mol. The lowest BCUT2D eigenvalue weighted by atomic mass is 9.98. The molecule has 2 fully saturated rings. The van der Waals surface area contributed by atoms with Crippen LogP contribution in [-0.2, 0) is 19.2 Å². The van der Waals surface area contributed by atoms with E-state index in [0.29, 0.717) is 32.2 Å². The molecule has 220 valence electrons. The van der Waals surface area contributed by atoms with Crippen LogP contribution in [0.15, 0.2) is 60.7 Å². The lowest BCUT2D eigenvalue weighted by Gasteiger charge is -2.39. The Morgan fingerprint density at radius 3 is 2.07 bits per heavy atom. The number of rotatable bonds is 9. The van der Waals surface area contributed by atoms with Crippen LogP contribution in [0.1, 0.15) is 63.6 Å². The van der Waals surface area contributed by atoms with Gasteiger partial charge in [-0.1, -0.05) is 74.5 Å². The molecule has 2 aliphatic rings. The number of nitrogens with one attached hydrogen (secondary N) is 3. The van der Waals surface area contributed by atoms with Gasteiger partial charge in [0.25, 0.3) is 0 Å². The fourth-order valence-electron chi connectivity index (χ4n) is 5.76. The average Bonchev–Trinajstić information content (AvgIpc) is 3.39. The largest absolute Gasteiger partial charge is 0.343 e. The van der Waals surface area contributed by atoms with Gasteiger partial charge in [0, 0.05) is 25.6 Å². The molecule has 0 aliphatic carbocycles. The SMILES string of the molecule is CNC(C)C(=O)NC1CN(C(=O)CC(C)C)CCC2CCC(C(=O)NC(c3ccccc3)c3ccccc3)N2C1=O. The maximum absolute atomic E-state index is 14.1. The number of hydrogen-bond acceptors (Lipinski definition) is 5. The second-order valence-electron chi connectivity index (χ2n) is 11.6. The zero-order chi connectivity index (χ0) is 29.5. The summed E-state index contributed by atoms with van der Waals surface area (Å²) in [5, 5.41) is 8.99. The molecule has 0 aromatic heterocycles. The summed E-state index contributed by atoms with van der Waals surface area (Å²) < 4.78 is 0. The molecule has 0 radical (unpaired) electrons. The summed E-state index contributed by atoms with van der Waals surface area (Å²) in [6.45, 7) is 6.24. The number of amides is 4. The zero-order valence-electron chi connectivity index (χ0n) is 24.5. The van der Waals surface area contributed by atoms with Gasteiger partial charge in [-0.25, -0.2) is 0 Å². The zero-order valence-corrected chi connectivity index (χ0v) is 24.5. The molecule has 0 bridgehead atoms. The first kappa shape index (κ1) is 30.2. The monoisotopic (exact) mass is 561 g/mol. The van der Waals surface area contributed by atoms with Gasteiger partial charge in [-0.15, -0.1) is 0 Å². The van der Waals surface area contributed by atoms with Crippen LogP contribution in [0, 0.1) is 5.92 Å². The molecule has 2 aromatic carbocycles. The molecular formula is C32H43N5O4. The van der Waals surface area contributed by atoms with E-state index in [9.17, 15) is 19.2 Å². The maximum Gasteiger partial charge on any atom is 0.247 e. The molecule has 4 unspecified atom stereocenters. The Labute approximate surface area is 243 Å². The van der Waals surface area contributed by atoms with Gasteiger partial charge in [0.15, 0.2) is 0 Å².